The normalized spacial score (nSPS) is 12.7. The van der Waals surface area contributed by atoms with Gasteiger partial charge in [-0.3, -0.25) is 9.59 Å². The molecular formula is C25H34N2O3. The number of carbonyl (C=O) groups excluding carboxylic acids is 2. The summed E-state index contributed by atoms with van der Waals surface area (Å²) in [6.45, 7) is 12.0. The van der Waals surface area contributed by atoms with E-state index in [1.165, 1.54) is 0 Å². The number of nitrogens with zero attached hydrogens (tertiary/aromatic N) is 1. The Kier molecular flexibility index (Phi) is 8.46. The van der Waals surface area contributed by atoms with Crippen LogP contribution in [-0.2, 0) is 16.1 Å². The van der Waals surface area contributed by atoms with Crippen LogP contribution in [0.2, 0.25) is 0 Å². The minimum absolute atomic E-state index is 0.0575. The fraction of sp³-hybridized carbons (Fsp3) is 0.440. The number of ether oxygens (including phenoxy) is 1. The van der Waals surface area contributed by atoms with Crippen LogP contribution in [0.4, 0.5) is 0 Å². The van der Waals surface area contributed by atoms with E-state index in [2.05, 4.69) is 5.32 Å². The molecule has 2 aromatic rings. The van der Waals surface area contributed by atoms with Crippen LogP contribution < -0.4 is 10.1 Å². The molecule has 2 amide bonds. The van der Waals surface area contributed by atoms with Crippen LogP contribution in [0.3, 0.4) is 0 Å². The lowest BCUT2D eigenvalue weighted by atomic mass is 10.1. The SMILES string of the molecule is CCC(C)NC(=O)C(C)N(Cc1cccc(C)c1)C(=O)COc1cccc(C)c1C. The van der Waals surface area contributed by atoms with E-state index in [0.29, 0.717) is 12.3 Å². The molecule has 5 nitrogen and oxygen atoms in total. The van der Waals surface area contributed by atoms with Gasteiger partial charge in [0, 0.05) is 12.6 Å². The van der Waals surface area contributed by atoms with Gasteiger partial charge in [0.2, 0.25) is 5.91 Å². The monoisotopic (exact) mass is 410 g/mol. The Hall–Kier alpha value is -2.82. The van der Waals surface area contributed by atoms with Crippen molar-refractivity contribution in [3.05, 3.63) is 64.7 Å². The standard InChI is InChI=1S/C25H34N2O3/c1-7-19(4)26-25(29)21(6)27(15-22-12-8-10-17(2)14-22)24(28)16-30-23-13-9-11-18(3)20(23)5/h8-14,19,21H,7,15-16H2,1-6H3,(H,26,29). The number of carbonyl (C=O) groups is 2. The van der Waals surface area contributed by atoms with Crippen LogP contribution in [-0.4, -0.2) is 35.4 Å². The summed E-state index contributed by atoms with van der Waals surface area (Å²) in [5.41, 5.74) is 4.22. The number of aryl methyl sites for hydroxylation is 2. The number of rotatable bonds is 9. The van der Waals surface area contributed by atoms with Gasteiger partial charge in [-0.15, -0.1) is 0 Å². The van der Waals surface area contributed by atoms with Gasteiger partial charge in [0.15, 0.2) is 6.61 Å². The average Bonchev–Trinajstić information content (AvgIpc) is 2.72. The summed E-state index contributed by atoms with van der Waals surface area (Å²) < 4.78 is 5.83. The molecule has 2 atom stereocenters. The quantitative estimate of drug-likeness (QED) is 0.670. The third-order valence-electron chi connectivity index (χ3n) is 5.51. The van der Waals surface area contributed by atoms with E-state index in [-0.39, 0.29) is 24.5 Å². The zero-order valence-corrected chi connectivity index (χ0v) is 19.0. The summed E-state index contributed by atoms with van der Waals surface area (Å²) in [5.74, 6) is 0.317. The Morgan fingerprint density at radius 1 is 1.07 bits per heavy atom. The van der Waals surface area contributed by atoms with Gasteiger partial charge in [-0.1, -0.05) is 48.9 Å². The first-order valence-electron chi connectivity index (χ1n) is 10.6. The van der Waals surface area contributed by atoms with Gasteiger partial charge >= 0.3 is 0 Å². The van der Waals surface area contributed by atoms with E-state index in [0.717, 1.165) is 28.7 Å². The fourth-order valence-electron chi connectivity index (χ4n) is 3.16. The lowest BCUT2D eigenvalue weighted by Gasteiger charge is -2.29. The van der Waals surface area contributed by atoms with E-state index in [9.17, 15) is 9.59 Å². The lowest BCUT2D eigenvalue weighted by Crippen LogP contribution is -2.50. The largest absolute Gasteiger partial charge is 0.483 e. The van der Waals surface area contributed by atoms with Crippen LogP contribution in [0, 0.1) is 20.8 Å². The maximum atomic E-state index is 13.1. The molecule has 0 saturated carbocycles. The molecular weight excluding hydrogens is 376 g/mol. The Labute approximate surface area is 180 Å². The van der Waals surface area contributed by atoms with Gasteiger partial charge < -0.3 is 15.0 Å². The molecule has 2 aromatic carbocycles. The Morgan fingerprint density at radius 2 is 1.77 bits per heavy atom. The highest BCUT2D eigenvalue weighted by atomic mass is 16.5. The molecule has 0 saturated heterocycles. The molecule has 0 fully saturated rings. The molecule has 0 aliphatic rings. The summed E-state index contributed by atoms with van der Waals surface area (Å²) >= 11 is 0. The minimum atomic E-state index is -0.603. The van der Waals surface area contributed by atoms with E-state index >= 15 is 0 Å². The first kappa shape index (κ1) is 23.5. The molecule has 5 heteroatoms. The van der Waals surface area contributed by atoms with E-state index in [4.69, 9.17) is 4.74 Å². The molecule has 2 rings (SSSR count). The summed E-state index contributed by atoms with van der Waals surface area (Å²) in [5, 5.41) is 2.98. The van der Waals surface area contributed by atoms with E-state index in [1.807, 2.05) is 77.1 Å². The third-order valence-corrected chi connectivity index (χ3v) is 5.51. The zero-order valence-electron chi connectivity index (χ0n) is 19.0. The Bertz CT molecular complexity index is 878. The number of nitrogens with one attached hydrogen (secondary N) is 1. The van der Waals surface area contributed by atoms with Crippen LogP contribution in [0.1, 0.15) is 49.4 Å². The molecule has 1 N–H and O–H groups in total. The van der Waals surface area contributed by atoms with Crippen molar-refractivity contribution in [1.29, 1.82) is 0 Å². The van der Waals surface area contributed by atoms with Gasteiger partial charge in [0.05, 0.1) is 0 Å². The van der Waals surface area contributed by atoms with Gasteiger partial charge in [-0.25, -0.2) is 0 Å². The summed E-state index contributed by atoms with van der Waals surface area (Å²) in [6, 6.07) is 13.2. The van der Waals surface area contributed by atoms with Gasteiger partial charge in [0.25, 0.3) is 5.91 Å². The van der Waals surface area contributed by atoms with Crippen molar-refractivity contribution in [2.75, 3.05) is 6.61 Å². The first-order valence-corrected chi connectivity index (χ1v) is 10.6. The highest BCUT2D eigenvalue weighted by molar-refractivity contribution is 5.88. The second-order valence-corrected chi connectivity index (χ2v) is 7.99. The van der Waals surface area contributed by atoms with Crippen molar-refractivity contribution in [2.24, 2.45) is 0 Å². The minimum Gasteiger partial charge on any atom is -0.483 e. The molecule has 0 radical (unpaired) electrons. The predicted molar refractivity (Wildman–Crippen MR) is 120 cm³/mol. The maximum absolute atomic E-state index is 13.1. The topological polar surface area (TPSA) is 58.6 Å². The molecule has 0 spiro atoms. The molecule has 162 valence electrons. The zero-order chi connectivity index (χ0) is 22.3. The van der Waals surface area contributed by atoms with Crippen molar-refractivity contribution in [1.82, 2.24) is 10.2 Å². The van der Waals surface area contributed by atoms with Crippen molar-refractivity contribution >= 4 is 11.8 Å². The van der Waals surface area contributed by atoms with Crippen molar-refractivity contribution in [3.8, 4) is 5.75 Å². The second-order valence-electron chi connectivity index (χ2n) is 7.99. The molecule has 0 aromatic heterocycles. The molecule has 0 aliphatic carbocycles. The number of hydrogen-bond donors (Lipinski definition) is 1. The second kappa shape index (κ2) is 10.8. The Balaban J connectivity index is 2.19. The fourth-order valence-corrected chi connectivity index (χ4v) is 3.16. The molecule has 0 heterocycles. The van der Waals surface area contributed by atoms with E-state index < -0.39 is 6.04 Å². The van der Waals surface area contributed by atoms with Gasteiger partial charge in [-0.05, 0) is 63.8 Å². The van der Waals surface area contributed by atoms with Crippen molar-refractivity contribution in [3.63, 3.8) is 0 Å². The van der Waals surface area contributed by atoms with Gasteiger partial charge in [-0.2, -0.15) is 0 Å². The molecule has 30 heavy (non-hydrogen) atoms. The van der Waals surface area contributed by atoms with Crippen LogP contribution in [0.15, 0.2) is 42.5 Å². The maximum Gasteiger partial charge on any atom is 0.261 e. The molecule has 2 unspecified atom stereocenters. The molecule has 0 aliphatic heterocycles. The van der Waals surface area contributed by atoms with Crippen LogP contribution >= 0.6 is 0 Å². The van der Waals surface area contributed by atoms with Crippen molar-refractivity contribution < 1.29 is 14.3 Å². The highest BCUT2D eigenvalue weighted by Crippen LogP contribution is 2.21. The summed E-state index contributed by atoms with van der Waals surface area (Å²) in [4.78, 5) is 27.5. The van der Waals surface area contributed by atoms with Gasteiger partial charge in [0.1, 0.15) is 11.8 Å². The van der Waals surface area contributed by atoms with E-state index in [1.54, 1.807) is 11.8 Å². The van der Waals surface area contributed by atoms with Crippen molar-refractivity contribution in [2.45, 2.75) is 66.6 Å². The third kappa shape index (κ3) is 6.34. The summed E-state index contributed by atoms with van der Waals surface area (Å²) in [7, 11) is 0. The lowest BCUT2D eigenvalue weighted by molar-refractivity contribution is -0.142. The number of hydrogen-bond acceptors (Lipinski definition) is 3. The number of amides is 2. The van der Waals surface area contributed by atoms with Crippen LogP contribution in [0.5, 0.6) is 5.75 Å². The smallest absolute Gasteiger partial charge is 0.261 e. The first-order chi connectivity index (χ1) is 14.2. The number of benzene rings is 2. The summed E-state index contributed by atoms with van der Waals surface area (Å²) in [6.07, 6.45) is 0.833. The predicted octanol–water partition coefficient (Wildman–Crippen LogP) is 4.32. The highest BCUT2D eigenvalue weighted by Gasteiger charge is 2.27. The average molecular weight is 411 g/mol. The molecule has 0 bridgehead atoms. The Morgan fingerprint density at radius 3 is 2.43 bits per heavy atom. The van der Waals surface area contributed by atoms with Crippen LogP contribution in [0.25, 0.3) is 0 Å².